The molecule has 4 aromatic rings. The molecule has 0 spiro atoms. The van der Waals surface area contributed by atoms with E-state index in [1.807, 2.05) is 42.5 Å². The Morgan fingerprint density at radius 1 is 0.919 bits per heavy atom. The Labute approximate surface area is 218 Å². The highest BCUT2D eigenvalue weighted by molar-refractivity contribution is 6.83. The summed E-state index contributed by atoms with van der Waals surface area (Å²) in [6.45, 7) is 10.7. The summed E-state index contributed by atoms with van der Waals surface area (Å²) in [6, 6.07) is 19.5. The van der Waals surface area contributed by atoms with Gasteiger partial charge in [-0.15, -0.1) is 5.54 Å². The number of rotatable bonds is 4. The highest BCUT2D eigenvalue weighted by Gasteiger charge is 2.16. The van der Waals surface area contributed by atoms with E-state index in [9.17, 15) is 4.79 Å². The SMILES string of the molecule is CN1CCN(c2ccc(Nc3ncc4c(C#C[Si](C)(C)C)cc(=O)n(-c5ccccc5)c4n3)cc2)CC1. The summed E-state index contributed by atoms with van der Waals surface area (Å²) in [4.78, 5) is 27.4. The largest absolute Gasteiger partial charge is 0.369 e. The molecule has 37 heavy (non-hydrogen) atoms. The molecule has 0 amide bonds. The first kappa shape index (κ1) is 24.7. The minimum absolute atomic E-state index is 0.167. The van der Waals surface area contributed by atoms with E-state index in [2.05, 4.69) is 70.4 Å². The average molecular weight is 509 g/mol. The lowest BCUT2D eigenvalue weighted by molar-refractivity contribution is 0.313. The molecule has 0 unspecified atom stereocenters. The molecule has 1 saturated heterocycles. The molecule has 0 atom stereocenters. The van der Waals surface area contributed by atoms with Gasteiger partial charge in [-0.1, -0.05) is 43.8 Å². The molecule has 2 aromatic carbocycles. The Morgan fingerprint density at radius 3 is 2.30 bits per heavy atom. The first-order chi connectivity index (χ1) is 17.8. The number of anilines is 3. The topological polar surface area (TPSA) is 66.3 Å². The Kier molecular flexibility index (Phi) is 6.83. The predicted octanol–water partition coefficient (Wildman–Crippen LogP) is 4.51. The minimum Gasteiger partial charge on any atom is -0.369 e. The number of fused-ring (bicyclic) bond motifs is 1. The van der Waals surface area contributed by atoms with E-state index in [-0.39, 0.29) is 5.56 Å². The van der Waals surface area contributed by atoms with Crippen molar-refractivity contribution in [1.82, 2.24) is 19.4 Å². The number of nitrogens with one attached hydrogen (secondary N) is 1. The summed E-state index contributed by atoms with van der Waals surface area (Å²) in [5, 5.41) is 4.07. The van der Waals surface area contributed by atoms with Gasteiger partial charge in [-0.25, -0.2) is 4.98 Å². The van der Waals surface area contributed by atoms with Crippen LogP contribution < -0.4 is 15.8 Å². The van der Waals surface area contributed by atoms with Crippen LogP contribution in [0.25, 0.3) is 16.7 Å². The van der Waals surface area contributed by atoms with E-state index in [1.54, 1.807) is 16.8 Å². The van der Waals surface area contributed by atoms with Gasteiger partial charge in [-0.05, 0) is 43.4 Å². The quantitative estimate of drug-likeness (QED) is 0.323. The number of aromatic nitrogens is 3. The van der Waals surface area contributed by atoms with Gasteiger partial charge in [0.15, 0.2) is 5.65 Å². The van der Waals surface area contributed by atoms with Crippen molar-refractivity contribution in [3.63, 3.8) is 0 Å². The van der Waals surface area contributed by atoms with E-state index in [0.29, 0.717) is 17.2 Å². The molecule has 0 radical (unpaired) electrons. The molecule has 1 fully saturated rings. The zero-order chi connectivity index (χ0) is 26.0. The van der Waals surface area contributed by atoms with Crippen LogP contribution in [0.15, 0.2) is 71.7 Å². The van der Waals surface area contributed by atoms with Gasteiger partial charge < -0.3 is 15.1 Å². The monoisotopic (exact) mass is 508 g/mol. The maximum Gasteiger partial charge on any atom is 0.258 e. The van der Waals surface area contributed by atoms with E-state index >= 15 is 0 Å². The van der Waals surface area contributed by atoms with E-state index in [4.69, 9.17) is 4.98 Å². The zero-order valence-corrected chi connectivity index (χ0v) is 22.8. The van der Waals surface area contributed by atoms with E-state index in [1.165, 1.54) is 5.69 Å². The standard InChI is InChI=1S/C29H32N6OSi/c1-33-15-17-34(18-16-33)24-12-10-23(11-13-24)31-29-30-21-26-22(14-19-37(2,3)4)20-27(36)35(28(26)32-29)25-8-6-5-7-9-25/h5-13,20-21H,15-18H2,1-4H3,(H,30,31,32). The maximum atomic E-state index is 13.3. The van der Waals surface area contributed by atoms with Crippen LogP contribution in [0.3, 0.4) is 0 Å². The molecule has 0 saturated carbocycles. The smallest absolute Gasteiger partial charge is 0.258 e. The summed E-state index contributed by atoms with van der Waals surface area (Å²) in [5.41, 5.74) is 7.25. The highest BCUT2D eigenvalue weighted by Crippen LogP contribution is 2.23. The molecule has 1 aliphatic heterocycles. The number of likely N-dealkylation sites (N-methyl/N-ethyl adjacent to an activating group) is 1. The van der Waals surface area contributed by atoms with Gasteiger partial charge >= 0.3 is 0 Å². The number of hydrogen-bond donors (Lipinski definition) is 1. The van der Waals surface area contributed by atoms with Crippen LogP contribution in [-0.2, 0) is 0 Å². The Morgan fingerprint density at radius 2 is 1.62 bits per heavy atom. The molecular formula is C29H32N6OSi. The van der Waals surface area contributed by atoms with Gasteiger partial charge in [0.25, 0.3) is 5.56 Å². The lowest BCUT2D eigenvalue weighted by Gasteiger charge is -2.34. The molecule has 0 aliphatic carbocycles. The van der Waals surface area contributed by atoms with Gasteiger partial charge in [-0.2, -0.15) is 4.98 Å². The van der Waals surface area contributed by atoms with Crippen molar-refractivity contribution in [2.24, 2.45) is 0 Å². The van der Waals surface area contributed by atoms with Crippen LogP contribution in [0, 0.1) is 11.5 Å². The molecule has 5 rings (SSSR count). The van der Waals surface area contributed by atoms with Crippen LogP contribution in [-0.4, -0.2) is 60.7 Å². The minimum atomic E-state index is -1.63. The Balaban J connectivity index is 1.52. The van der Waals surface area contributed by atoms with Crippen LogP contribution in [0.2, 0.25) is 19.6 Å². The summed E-state index contributed by atoms with van der Waals surface area (Å²) in [7, 11) is 0.526. The van der Waals surface area contributed by atoms with Crippen molar-refractivity contribution >= 4 is 36.4 Å². The molecule has 7 nitrogen and oxygen atoms in total. The molecule has 3 heterocycles. The van der Waals surface area contributed by atoms with Crippen molar-refractivity contribution in [1.29, 1.82) is 0 Å². The Hall–Kier alpha value is -3.93. The van der Waals surface area contributed by atoms with Crippen molar-refractivity contribution < 1.29 is 0 Å². The summed E-state index contributed by atoms with van der Waals surface area (Å²) in [5.74, 6) is 3.68. The predicted molar refractivity (Wildman–Crippen MR) is 155 cm³/mol. The fourth-order valence-electron chi connectivity index (χ4n) is 4.30. The number of nitrogens with zero attached hydrogens (tertiary/aromatic N) is 5. The summed E-state index contributed by atoms with van der Waals surface area (Å²) in [6.07, 6.45) is 1.76. The van der Waals surface area contributed by atoms with Crippen LogP contribution >= 0.6 is 0 Å². The Bertz CT molecular complexity index is 1520. The van der Waals surface area contributed by atoms with Crippen molar-refractivity contribution in [2.75, 3.05) is 43.4 Å². The second-order valence-corrected chi connectivity index (χ2v) is 15.2. The molecule has 0 bridgehead atoms. The average Bonchev–Trinajstić information content (AvgIpc) is 2.88. The lowest BCUT2D eigenvalue weighted by atomic mass is 10.2. The number of hydrogen-bond acceptors (Lipinski definition) is 6. The molecular weight excluding hydrogens is 476 g/mol. The number of benzene rings is 2. The van der Waals surface area contributed by atoms with Crippen molar-refractivity contribution in [2.45, 2.75) is 19.6 Å². The normalized spacial score (nSPS) is 14.3. The van der Waals surface area contributed by atoms with Crippen LogP contribution in [0.1, 0.15) is 5.56 Å². The van der Waals surface area contributed by atoms with E-state index in [0.717, 1.165) is 42.9 Å². The van der Waals surface area contributed by atoms with Gasteiger partial charge in [0.2, 0.25) is 5.95 Å². The van der Waals surface area contributed by atoms with Gasteiger partial charge in [0, 0.05) is 55.4 Å². The first-order valence-electron chi connectivity index (χ1n) is 12.6. The molecule has 188 valence electrons. The molecule has 1 N–H and O–H groups in total. The zero-order valence-electron chi connectivity index (χ0n) is 21.8. The third-order valence-electron chi connectivity index (χ3n) is 6.34. The molecule has 8 heteroatoms. The van der Waals surface area contributed by atoms with Crippen molar-refractivity contribution in [3.8, 4) is 17.2 Å². The van der Waals surface area contributed by atoms with Gasteiger partial charge in [0.05, 0.1) is 11.1 Å². The second-order valence-electron chi connectivity index (χ2n) is 10.5. The van der Waals surface area contributed by atoms with Crippen LogP contribution in [0.4, 0.5) is 17.3 Å². The highest BCUT2D eigenvalue weighted by atomic mass is 28.3. The molecule has 2 aromatic heterocycles. The van der Waals surface area contributed by atoms with Crippen LogP contribution in [0.5, 0.6) is 0 Å². The fourth-order valence-corrected chi connectivity index (χ4v) is 4.81. The summed E-state index contributed by atoms with van der Waals surface area (Å²) >= 11 is 0. The first-order valence-corrected chi connectivity index (χ1v) is 16.1. The van der Waals surface area contributed by atoms with Gasteiger partial charge in [-0.3, -0.25) is 9.36 Å². The lowest BCUT2D eigenvalue weighted by Crippen LogP contribution is -2.44. The fraction of sp³-hybridized carbons (Fsp3) is 0.276. The van der Waals surface area contributed by atoms with E-state index < -0.39 is 8.07 Å². The summed E-state index contributed by atoms with van der Waals surface area (Å²) < 4.78 is 1.62. The third-order valence-corrected chi connectivity index (χ3v) is 7.21. The number of piperazine rings is 1. The van der Waals surface area contributed by atoms with Crippen molar-refractivity contribution in [3.05, 3.63) is 82.8 Å². The number of pyridine rings is 1. The van der Waals surface area contributed by atoms with Gasteiger partial charge in [0.1, 0.15) is 8.07 Å². The molecule has 1 aliphatic rings. The number of para-hydroxylation sites is 1. The second kappa shape index (κ2) is 10.2. The third kappa shape index (κ3) is 5.74. The maximum absolute atomic E-state index is 13.3.